The minimum atomic E-state index is -2.27. The summed E-state index contributed by atoms with van der Waals surface area (Å²) in [5, 5.41) is 33.6. The zero-order chi connectivity index (χ0) is 31.8. The number of benzene rings is 2. The number of carbonyl (C=O) groups excluding carboxylic acids is 2. The molecule has 2 atom stereocenters. The van der Waals surface area contributed by atoms with Crippen molar-refractivity contribution in [3.8, 4) is 0 Å². The SMILES string of the molecule is CN1CCC(N2CCN(C(=O)CN(C(=O)c3ccc4cc[nH]c4c3)c3ccccc3)CC2)CC1.O.O.O=C(O)C(O)C(O)C(=O)O. The van der Waals surface area contributed by atoms with E-state index in [1.165, 1.54) is 12.8 Å². The molecule has 2 unspecified atom stereocenters. The van der Waals surface area contributed by atoms with Crippen LogP contribution in [0, 0.1) is 0 Å². The van der Waals surface area contributed by atoms with Crippen LogP contribution in [-0.4, -0.2) is 146 Å². The quantitative estimate of drug-likeness (QED) is 0.206. The van der Waals surface area contributed by atoms with E-state index in [4.69, 9.17) is 20.4 Å². The third-order valence-electron chi connectivity index (χ3n) is 8.08. The summed E-state index contributed by atoms with van der Waals surface area (Å²) in [6, 6.07) is 17.7. The predicted octanol–water partition coefficient (Wildman–Crippen LogP) is -0.719. The van der Waals surface area contributed by atoms with Crippen LogP contribution in [0.4, 0.5) is 5.69 Å². The van der Waals surface area contributed by atoms with Crippen molar-refractivity contribution in [1.29, 1.82) is 0 Å². The number of likely N-dealkylation sites (tertiary alicyclic amines) is 1. The van der Waals surface area contributed by atoms with E-state index < -0.39 is 24.1 Å². The van der Waals surface area contributed by atoms with Gasteiger partial charge in [0.2, 0.25) is 5.91 Å². The maximum atomic E-state index is 13.5. The van der Waals surface area contributed by atoms with Gasteiger partial charge >= 0.3 is 11.9 Å². The minimum absolute atomic E-state index is 0. The Hall–Kier alpha value is -4.38. The summed E-state index contributed by atoms with van der Waals surface area (Å²) in [6.07, 6.45) is -0.268. The number of rotatable bonds is 8. The molecule has 2 fully saturated rings. The maximum Gasteiger partial charge on any atom is 0.335 e. The Kier molecular flexibility index (Phi) is 14.3. The number of nitrogens with one attached hydrogen (secondary N) is 1. The van der Waals surface area contributed by atoms with E-state index in [9.17, 15) is 19.2 Å². The molecule has 2 aliphatic heterocycles. The number of hydrogen-bond acceptors (Lipinski definition) is 8. The van der Waals surface area contributed by atoms with Gasteiger partial charge in [0.1, 0.15) is 6.54 Å². The van der Waals surface area contributed by atoms with Crippen LogP contribution in [0.15, 0.2) is 60.8 Å². The molecule has 0 radical (unpaired) electrons. The standard InChI is InChI=1S/C27H33N5O2.C4H6O6.2H2O/c1-29-13-10-23(11-14-29)30-15-17-31(18-16-30)26(33)20-32(24-5-3-2-4-6-24)27(34)22-8-7-21-9-12-28-25(21)19-22;5-1(3(7)8)2(6)4(9)10;;/h2-9,12,19,23,28H,10-11,13-18,20H2,1H3;1-2,5-6H,(H,7,8)(H,9,10);2*1H2. The average molecular weight is 646 g/mol. The van der Waals surface area contributed by atoms with Crippen LogP contribution in [0.1, 0.15) is 23.2 Å². The van der Waals surface area contributed by atoms with Gasteiger partial charge in [0.15, 0.2) is 12.2 Å². The number of nitrogens with zero attached hydrogens (tertiary/aromatic N) is 4. The molecule has 3 aromatic rings. The molecule has 0 bridgehead atoms. The number of aromatic amines is 1. The van der Waals surface area contributed by atoms with Gasteiger partial charge in [0.25, 0.3) is 5.91 Å². The van der Waals surface area contributed by atoms with Crippen molar-refractivity contribution in [2.45, 2.75) is 31.1 Å². The van der Waals surface area contributed by atoms with E-state index in [0.29, 0.717) is 11.6 Å². The Balaban J connectivity index is 0.000000535. The molecule has 1 aromatic heterocycles. The number of carbonyl (C=O) groups is 4. The van der Waals surface area contributed by atoms with Crippen LogP contribution in [0.5, 0.6) is 0 Å². The lowest BCUT2D eigenvalue weighted by atomic mass is 10.0. The second-order valence-electron chi connectivity index (χ2n) is 11.0. The summed E-state index contributed by atoms with van der Waals surface area (Å²) in [5.74, 6) is -3.70. The first-order valence-corrected chi connectivity index (χ1v) is 14.5. The Bertz CT molecular complexity index is 1420. The van der Waals surface area contributed by atoms with Gasteiger partial charge in [-0.3, -0.25) is 19.4 Å². The molecule has 2 saturated heterocycles. The average Bonchev–Trinajstić information content (AvgIpc) is 3.52. The fourth-order valence-electron chi connectivity index (χ4n) is 5.43. The molecule has 3 heterocycles. The monoisotopic (exact) mass is 645 g/mol. The van der Waals surface area contributed by atoms with Gasteiger partial charge in [-0.05, 0) is 68.7 Å². The van der Waals surface area contributed by atoms with E-state index in [1.807, 2.05) is 65.7 Å². The van der Waals surface area contributed by atoms with Crippen LogP contribution in [0.3, 0.4) is 0 Å². The zero-order valence-corrected chi connectivity index (χ0v) is 25.6. The van der Waals surface area contributed by atoms with E-state index in [-0.39, 0.29) is 29.3 Å². The normalized spacial score (nSPS) is 17.0. The highest BCUT2D eigenvalue weighted by Gasteiger charge is 2.31. The van der Waals surface area contributed by atoms with Crippen molar-refractivity contribution in [1.82, 2.24) is 19.7 Å². The number of aliphatic hydroxyl groups excluding tert-OH is 2. The van der Waals surface area contributed by atoms with E-state index in [2.05, 4.69) is 21.8 Å². The van der Waals surface area contributed by atoms with Crippen molar-refractivity contribution in [2.24, 2.45) is 0 Å². The predicted molar refractivity (Wildman–Crippen MR) is 170 cm³/mol. The van der Waals surface area contributed by atoms with Crippen LogP contribution in [0.2, 0.25) is 0 Å². The largest absolute Gasteiger partial charge is 0.479 e. The summed E-state index contributed by atoms with van der Waals surface area (Å²) in [7, 11) is 2.18. The van der Waals surface area contributed by atoms with E-state index >= 15 is 0 Å². The number of aliphatic carboxylic acids is 2. The van der Waals surface area contributed by atoms with Gasteiger partial charge in [0, 0.05) is 55.2 Å². The summed E-state index contributed by atoms with van der Waals surface area (Å²) >= 11 is 0. The molecule has 2 amide bonds. The molecular weight excluding hydrogens is 602 g/mol. The Morgan fingerprint density at radius 2 is 1.43 bits per heavy atom. The van der Waals surface area contributed by atoms with Gasteiger partial charge in [-0.1, -0.05) is 24.3 Å². The number of amides is 2. The molecule has 0 saturated carbocycles. The lowest BCUT2D eigenvalue weighted by Gasteiger charge is -2.42. The molecule has 0 aliphatic carbocycles. The fourth-order valence-corrected chi connectivity index (χ4v) is 5.43. The van der Waals surface area contributed by atoms with Crippen molar-refractivity contribution in [3.63, 3.8) is 0 Å². The molecule has 252 valence electrons. The molecular formula is C31H43N5O10. The maximum absolute atomic E-state index is 13.5. The number of H-pyrrole nitrogens is 1. The van der Waals surface area contributed by atoms with Crippen LogP contribution < -0.4 is 4.90 Å². The summed E-state index contributed by atoms with van der Waals surface area (Å²) in [5.41, 5.74) is 2.21. The number of piperazine rings is 1. The van der Waals surface area contributed by atoms with Gasteiger partial charge in [-0.15, -0.1) is 0 Å². The van der Waals surface area contributed by atoms with Crippen molar-refractivity contribution >= 4 is 40.3 Å². The number of piperidine rings is 1. The topological polar surface area (TPSA) is 241 Å². The first kappa shape index (κ1) is 37.8. The highest BCUT2D eigenvalue weighted by molar-refractivity contribution is 6.10. The molecule has 9 N–H and O–H groups in total. The van der Waals surface area contributed by atoms with Gasteiger partial charge in [0.05, 0.1) is 0 Å². The van der Waals surface area contributed by atoms with Crippen molar-refractivity contribution in [3.05, 3.63) is 66.4 Å². The Labute approximate surface area is 265 Å². The first-order valence-electron chi connectivity index (χ1n) is 14.5. The minimum Gasteiger partial charge on any atom is -0.479 e. The number of hydrogen-bond donors (Lipinski definition) is 5. The highest BCUT2D eigenvalue weighted by atomic mass is 16.4. The van der Waals surface area contributed by atoms with Crippen LogP contribution in [-0.2, 0) is 14.4 Å². The molecule has 0 spiro atoms. The Morgan fingerprint density at radius 1 is 0.848 bits per heavy atom. The van der Waals surface area contributed by atoms with Crippen molar-refractivity contribution in [2.75, 3.05) is 57.8 Å². The van der Waals surface area contributed by atoms with E-state index in [0.717, 1.165) is 55.9 Å². The number of aromatic nitrogens is 1. The molecule has 2 aromatic carbocycles. The number of carboxylic acid groups (broad SMARTS) is 2. The molecule has 5 rings (SSSR count). The molecule has 15 nitrogen and oxygen atoms in total. The fraction of sp³-hybridized carbons (Fsp3) is 0.419. The highest BCUT2D eigenvalue weighted by Crippen LogP contribution is 2.22. The molecule has 2 aliphatic rings. The summed E-state index contributed by atoms with van der Waals surface area (Å²) in [6.45, 7) is 5.58. The zero-order valence-electron chi connectivity index (χ0n) is 25.6. The van der Waals surface area contributed by atoms with Crippen LogP contribution in [0.25, 0.3) is 10.9 Å². The molecule has 15 heteroatoms. The Morgan fingerprint density at radius 3 is 2.00 bits per heavy atom. The van der Waals surface area contributed by atoms with Gasteiger partial charge in [-0.2, -0.15) is 0 Å². The lowest BCUT2D eigenvalue weighted by molar-refractivity contribution is -0.165. The number of aliphatic hydroxyl groups is 2. The number of fused-ring (bicyclic) bond motifs is 1. The second kappa shape index (κ2) is 17.4. The molecule has 46 heavy (non-hydrogen) atoms. The lowest BCUT2D eigenvalue weighted by Crippen LogP contribution is -2.55. The number of para-hydroxylation sites is 1. The number of carboxylic acids is 2. The van der Waals surface area contributed by atoms with Crippen molar-refractivity contribution < 1.29 is 50.6 Å². The van der Waals surface area contributed by atoms with Gasteiger partial charge in [-0.25, -0.2) is 9.59 Å². The third kappa shape index (κ3) is 9.56. The van der Waals surface area contributed by atoms with Gasteiger partial charge < -0.3 is 46.2 Å². The second-order valence-corrected chi connectivity index (χ2v) is 11.0. The summed E-state index contributed by atoms with van der Waals surface area (Å²) < 4.78 is 0. The smallest absolute Gasteiger partial charge is 0.335 e. The third-order valence-corrected chi connectivity index (χ3v) is 8.08. The summed E-state index contributed by atoms with van der Waals surface area (Å²) in [4.78, 5) is 58.0. The first-order chi connectivity index (χ1) is 21.0. The van der Waals surface area contributed by atoms with E-state index in [1.54, 1.807) is 4.90 Å². The van der Waals surface area contributed by atoms with Crippen LogP contribution >= 0.6 is 0 Å². The number of anilines is 1.